The second-order valence-corrected chi connectivity index (χ2v) is 13.5. The van der Waals surface area contributed by atoms with E-state index in [1.54, 1.807) is 58.0 Å². The second kappa shape index (κ2) is 16.9. The molecule has 3 aromatic rings. The first-order chi connectivity index (χ1) is 20.7. The minimum Gasteiger partial charge on any atom is -0.489 e. The van der Waals surface area contributed by atoms with Gasteiger partial charge < -0.3 is 27.6 Å². The summed E-state index contributed by atoms with van der Waals surface area (Å²) in [6.45, 7) is 8.19. The summed E-state index contributed by atoms with van der Waals surface area (Å²) in [7, 11) is -5.72. The molecule has 0 N–H and O–H groups in total. The van der Waals surface area contributed by atoms with Crippen LogP contribution in [0.25, 0.3) is 0 Å². The van der Waals surface area contributed by atoms with E-state index in [2.05, 4.69) is 0 Å². The van der Waals surface area contributed by atoms with E-state index in [0.29, 0.717) is 34.8 Å². The van der Waals surface area contributed by atoms with Crippen LogP contribution in [0.15, 0.2) is 72.8 Å². The monoisotopic (exact) mass is 632 g/mol. The fourth-order valence-electron chi connectivity index (χ4n) is 4.60. The van der Waals surface area contributed by atoms with Crippen molar-refractivity contribution >= 4 is 31.8 Å². The van der Waals surface area contributed by atoms with E-state index in [4.69, 9.17) is 27.6 Å². The predicted molar refractivity (Wildman–Crippen MR) is 168 cm³/mol. The summed E-state index contributed by atoms with van der Waals surface area (Å²) in [4.78, 5) is 13.2. The number of esters is 1. The van der Waals surface area contributed by atoms with Crippen LogP contribution in [-0.4, -0.2) is 39.5 Å². The number of aryl methyl sites for hydroxylation is 1. The zero-order chi connectivity index (χ0) is 31.3. The average Bonchev–Trinajstić information content (AvgIpc) is 3.01. The topological polar surface area (TPSA) is 107 Å². The van der Waals surface area contributed by atoms with E-state index in [0.717, 1.165) is 11.1 Å². The van der Waals surface area contributed by atoms with Gasteiger partial charge in [0.05, 0.1) is 50.1 Å². The van der Waals surface area contributed by atoms with Gasteiger partial charge in [0.15, 0.2) is 0 Å². The Kier molecular flexibility index (Phi) is 13.7. The Balaban J connectivity index is 1.97. The molecule has 0 spiro atoms. The van der Waals surface area contributed by atoms with Crippen molar-refractivity contribution in [1.82, 2.24) is 0 Å². The van der Waals surface area contributed by atoms with Gasteiger partial charge in [-0.05, 0) is 82.0 Å². The fourth-order valence-corrected chi connectivity index (χ4v) is 7.77. The molecule has 0 saturated carbocycles. The Hall–Kier alpha value is -2.77. The SMILES string of the molecule is CCOP(=O)(OCC)c1ccc(CCC(C(=O)OC)c2cc(P(=O)(OCC)OCC)ccc2OCc2ccccc2)cc1. The van der Waals surface area contributed by atoms with Gasteiger partial charge in [0, 0.05) is 5.56 Å². The van der Waals surface area contributed by atoms with Gasteiger partial charge in [-0.1, -0.05) is 42.5 Å². The molecule has 43 heavy (non-hydrogen) atoms. The van der Waals surface area contributed by atoms with Crippen LogP contribution in [0.5, 0.6) is 5.75 Å². The number of methoxy groups -OCH3 is 1. The molecule has 11 heteroatoms. The zero-order valence-corrected chi connectivity index (χ0v) is 27.3. The maximum atomic E-state index is 13.7. The van der Waals surface area contributed by atoms with Crippen LogP contribution in [-0.2, 0) is 49.8 Å². The lowest BCUT2D eigenvalue weighted by Crippen LogP contribution is -2.20. The molecule has 0 aromatic heterocycles. The maximum absolute atomic E-state index is 13.7. The van der Waals surface area contributed by atoms with Gasteiger partial charge in [-0.2, -0.15) is 0 Å². The van der Waals surface area contributed by atoms with E-state index in [1.807, 2.05) is 42.5 Å². The molecule has 0 saturated heterocycles. The predicted octanol–water partition coefficient (Wildman–Crippen LogP) is 6.94. The highest BCUT2D eigenvalue weighted by Gasteiger charge is 2.32. The molecule has 0 radical (unpaired) electrons. The summed E-state index contributed by atoms with van der Waals surface area (Å²) in [6.07, 6.45) is 0.851. The summed E-state index contributed by atoms with van der Waals surface area (Å²) >= 11 is 0. The first-order valence-electron chi connectivity index (χ1n) is 14.5. The molecular weight excluding hydrogens is 590 g/mol. The summed E-state index contributed by atoms with van der Waals surface area (Å²) in [6, 6.07) is 21.8. The number of hydrogen-bond acceptors (Lipinski definition) is 9. The summed E-state index contributed by atoms with van der Waals surface area (Å²) in [5.41, 5.74) is 2.39. The van der Waals surface area contributed by atoms with Gasteiger partial charge in [0.25, 0.3) is 0 Å². The number of carbonyl (C=O) groups excluding carboxylic acids is 1. The normalized spacial score (nSPS) is 12.6. The van der Waals surface area contributed by atoms with Crippen molar-refractivity contribution in [3.63, 3.8) is 0 Å². The molecule has 0 aliphatic carbocycles. The first-order valence-corrected chi connectivity index (χ1v) is 17.6. The molecule has 234 valence electrons. The largest absolute Gasteiger partial charge is 0.489 e. The van der Waals surface area contributed by atoms with Crippen molar-refractivity contribution < 1.29 is 41.5 Å². The maximum Gasteiger partial charge on any atom is 0.361 e. The van der Waals surface area contributed by atoms with Crippen molar-refractivity contribution in [2.75, 3.05) is 33.5 Å². The van der Waals surface area contributed by atoms with Crippen LogP contribution in [0.4, 0.5) is 0 Å². The summed E-state index contributed by atoms with van der Waals surface area (Å²) in [5.74, 6) is -0.740. The average molecular weight is 633 g/mol. The van der Waals surface area contributed by atoms with Gasteiger partial charge in [0.2, 0.25) is 0 Å². The number of carbonyl (C=O) groups is 1. The van der Waals surface area contributed by atoms with Crippen LogP contribution in [0.2, 0.25) is 0 Å². The molecule has 0 bridgehead atoms. The smallest absolute Gasteiger partial charge is 0.361 e. The molecule has 3 rings (SSSR count). The highest BCUT2D eigenvalue weighted by atomic mass is 31.2. The third-order valence-electron chi connectivity index (χ3n) is 6.58. The Bertz CT molecular complexity index is 1370. The third-order valence-corrected chi connectivity index (χ3v) is 10.8. The fraction of sp³-hybridized carbons (Fsp3) is 0.406. The Morgan fingerprint density at radius 1 is 0.698 bits per heavy atom. The van der Waals surface area contributed by atoms with Crippen LogP contribution < -0.4 is 15.3 Å². The molecule has 1 atom stereocenters. The van der Waals surface area contributed by atoms with Crippen molar-refractivity contribution in [3.8, 4) is 5.75 Å². The first kappa shape index (κ1) is 34.7. The lowest BCUT2D eigenvalue weighted by atomic mass is 9.91. The highest BCUT2D eigenvalue weighted by molar-refractivity contribution is 7.62. The van der Waals surface area contributed by atoms with Gasteiger partial charge in [-0.15, -0.1) is 0 Å². The van der Waals surface area contributed by atoms with Crippen LogP contribution in [0.1, 0.15) is 56.7 Å². The number of ether oxygens (including phenoxy) is 2. The van der Waals surface area contributed by atoms with Crippen LogP contribution >= 0.6 is 15.2 Å². The zero-order valence-electron chi connectivity index (χ0n) is 25.5. The Labute approximate surface area is 254 Å². The standard InChI is InChI=1S/C32H42O9P2/c1-6-38-42(34,39-7-2)27-18-15-25(16-19-27)17-21-29(32(33)36-5)30-23-28(43(35,40-8-3)41-9-4)20-22-31(30)37-24-26-13-11-10-12-14-26/h10-16,18-20,22-23,29H,6-9,17,21,24H2,1-5H3. The van der Waals surface area contributed by atoms with Gasteiger partial charge in [0.1, 0.15) is 12.4 Å². The Morgan fingerprint density at radius 3 is 1.77 bits per heavy atom. The van der Waals surface area contributed by atoms with Crippen molar-refractivity contribution in [2.45, 2.75) is 53.1 Å². The van der Waals surface area contributed by atoms with E-state index >= 15 is 0 Å². The van der Waals surface area contributed by atoms with Crippen LogP contribution in [0.3, 0.4) is 0 Å². The number of benzene rings is 3. The molecule has 0 fully saturated rings. The molecule has 9 nitrogen and oxygen atoms in total. The molecule has 0 aliphatic rings. The molecule has 0 heterocycles. The number of hydrogen-bond donors (Lipinski definition) is 0. The van der Waals surface area contributed by atoms with E-state index in [9.17, 15) is 13.9 Å². The van der Waals surface area contributed by atoms with Crippen LogP contribution in [0, 0.1) is 0 Å². The summed E-state index contributed by atoms with van der Waals surface area (Å²) < 4.78 is 60.3. The van der Waals surface area contributed by atoms with Gasteiger partial charge in [-0.25, -0.2) is 0 Å². The van der Waals surface area contributed by atoms with E-state index in [1.165, 1.54) is 7.11 Å². The lowest BCUT2D eigenvalue weighted by Gasteiger charge is -2.23. The number of rotatable bonds is 18. The van der Waals surface area contributed by atoms with E-state index in [-0.39, 0.29) is 33.0 Å². The van der Waals surface area contributed by atoms with Crippen molar-refractivity contribution in [3.05, 3.63) is 89.5 Å². The molecular formula is C32H42O9P2. The van der Waals surface area contributed by atoms with E-state index < -0.39 is 27.1 Å². The molecule has 0 aliphatic heterocycles. The molecule has 0 amide bonds. The minimum absolute atomic E-state index is 0.189. The quantitative estimate of drug-likeness (QED) is 0.109. The Morgan fingerprint density at radius 2 is 1.23 bits per heavy atom. The summed E-state index contributed by atoms with van der Waals surface area (Å²) in [5, 5.41) is 0.801. The third kappa shape index (κ3) is 9.36. The lowest BCUT2D eigenvalue weighted by molar-refractivity contribution is -0.142. The molecule has 1 unspecified atom stereocenters. The highest BCUT2D eigenvalue weighted by Crippen LogP contribution is 2.48. The van der Waals surface area contributed by atoms with Crippen molar-refractivity contribution in [2.24, 2.45) is 0 Å². The van der Waals surface area contributed by atoms with Gasteiger partial charge >= 0.3 is 21.2 Å². The second-order valence-electron chi connectivity index (χ2n) is 9.44. The van der Waals surface area contributed by atoms with Gasteiger partial charge in [-0.3, -0.25) is 13.9 Å². The molecule has 3 aromatic carbocycles. The minimum atomic E-state index is -3.64. The van der Waals surface area contributed by atoms with Crippen molar-refractivity contribution in [1.29, 1.82) is 0 Å².